The van der Waals surface area contributed by atoms with Gasteiger partial charge in [-0.25, -0.2) is 8.42 Å². The van der Waals surface area contributed by atoms with Crippen LogP contribution in [0.4, 0.5) is 5.69 Å². The average molecular weight is 376 g/mol. The predicted octanol–water partition coefficient (Wildman–Crippen LogP) is 2.83. The maximum absolute atomic E-state index is 12.6. The molecule has 0 saturated heterocycles. The quantitative estimate of drug-likeness (QED) is 0.806. The van der Waals surface area contributed by atoms with E-state index < -0.39 is 10.0 Å². The van der Waals surface area contributed by atoms with E-state index in [1.165, 1.54) is 17.0 Å². The van der Waals surface area contributed by atoms with E-state index in [-0.39, 0.29) is 17.4 Å². The number of hydrogen-bond acceptors (Lipinski definition) is 4. The Hall–Kier alpha value is -2.54. The molecule has 0 unspecified atom stereocenters. The van der Waals surface area contributed by atoms with Crippen LogP contribution >= 0.6 is 0 Å². The lowest BCUT2D eigenvalue weighted by atomic mass is 10.2. The van der Waals surface area contributed by atoms with Crippen LogP contribution in [-0.2, 0) is 21.2 Å². The van der Waals surface area contributed by atoms with Gasteiger partial charge in [0.25, 0.3) is 15.9 Å². The first-order valence-corrected chi connectivity index (χ1v) is 9.76. The number of ether oxygens (including phenoxy) is 1. The largest absolute Gasteiger partial charge is 0.483 e. The lowest BCUT2D eigenvalue weighted by Crippen LogP contribution is -2.27. The predicted molar refractivity (Wildman–Crippen MR) is 102 cm³/mol. The zero-order valence-corrected chi connectivity index (χ0v) is 16.3. The zero-order chi connectivity index (χ0) is 19.3. The SMILES string of the molecule is CCc1ccc(NS(=O)(=O)c2ccc(OCC(=O)N(C)C)c(C)c2)cc1. The molecule has 2 aromatic rings. The number of likely N-dealkylation sites (N-methyl/N-ethyl adjacent to an activating group) is 1. The highest BCUT2D eigenvalue weighted by Crippen LogP contribution is 2.24. The monoisotopic (exact) mass is 376 g/mol. The van der Waals surface area contributed by atoms with Gasteiger partial charge in [0.05, 0.1) is 4.90 Å². The molecule has 0 bridgehead atoms. The Morgan fingerprint density at radius 1 is 1.12 bits per heavy atom. The molecule has 0 fully saturated rings. The highest BCUT2D eigenvalue weighted by molar-refractivity contribution is 7.92. The molecule has 0 aromatic heterocycles. The van der Waals surface area contributed by atoms with Crippen molar-refractivity contribution in [2.75, 3.05) is 25.4 Å². The highest BCUT2D eigenvalue weighted by atomic mass is 32.2. The number of nitrogens with one attached hydrogen (secondary N) is 1. The number of benzene rings is 2. The molecule has 6 nitrogen and oxygen atoms in total. The van der Waals surface area contributed by atoms with E-state index in [9.17, 15) is 13.2 Å². The van der Waals surface area contributed by atoms with Crippen LogP contribution in [0.3, 0.4) is 0 Å². The molecular weight excluding hydrogens is 352 g/mol. The van der Waals surface area contributed by atoms with Crippen LogP contribution in [0, 0.1) is 6.92 Å². The molecule has 0 aliphatic rings. The number of carbonyl (C=O) groups is 1. The van der Waals surface area contributed by atoms with Gasteiger partial charge < -0.3 is 9.64 Å². The van der Waals surface area contributed by atoms with E-state index in [2.05, 4.69) is 4.72 Å². The summed E-state index contributed by atoms with van der Waals surface area (Å²) < 4.78 is 33.2. The summed E-state index contributed by atoms with van der Waals surface area (Å²) in [5.41, 5.74) is 2.29. The summed E-state index contributed by atoms with van der Waals surface area (Å²) in [7, 11) is -0.406. The van der Waals surface area contributed by atoms with Gasteiger partial charge in [-0.05, 0) is 54.8 Å². The lowest BCUT2D eigenvalue weighted by Gasteiger charge is -2.14. The molecule has 1 N–H and O–H groups in total. The maximum Gasteiger partial charge on any atom is 0.261 e. The third-order valence-electron chi connectivity index (χ3n) is 3.92. The van der Waals surface area contributed by atoms with E-state index in [0.717, 1.165) is 12.0 Å². The molecule has 1 amide bonds. The molecule has 0 aliphatic heterocycles. The van der Waals surface area contributed by atoms with Gasteiger partial charge in [0.1, 0.15) is 5.75 Å². The molecule has 2 aromatic carbocycles. The first kappa shape index (κ1) is 19.8. The summed E-state index contributed by atoms with van der Waals surface area (Å²) in [5, 5.41) is 0. The van der Waals surface area contributed by atoms with Gasteiger partial charge in [-0.3, -0.25) is 9.52 Å². The minimum absolute atomic E-state index is 0.0953. The second kappa shape index (κ2) is 8.23. The minimum atomic E-state index is -3.70. The van der Waals surface area contributed by atoms with Gasteiger partial charge in [0.2, 0.25) is 0 Å². The summed E-state index contributed by atoms with van der Waals surface area (Å²) in [6, 6.07) is 11.8. The molecule has 0 spiro atoms. The van der Waals surface area contributed by atoms with Gasteiger partial charge in [-0.1, -0.05) is 19.1 Å². The smallest absolute Gasteiger partial charge is 0.261 e. The molecule has 140 valence electrons. The van der Waals surface area contributed by atoms with Crippen LogP contribution in [0.2, 0.25) is 0 Å². The van der Waals surface area contributed by atoms with Crippen LogP contribution in [-0.4, -0.2) is 39.9 Å². The first-order valence-electron chi connectivity index (χ1n) is 8.28. The Balaban J connectivity index is 2.14. The second-order valence-electron chi connectivity index (χ2n) is 6.16. The fraction of sp³-hybridized carbons (Fsp3) is 0.316. The highest BCUT2D eigenvalue weighted by Gasteiger charge is 2.16. The average Bonchev–Trinajstić information content (AvgIpc) is 2.60. The topological polar surface area (TPSA) is 75.7 Å². The maximum atomic E-state index is 12.6. The van der Waals surface area contributed by atoms with Crippen molar-refractivity contribution in [3.05, 3.63) is 53.6 Å². The molecule has 2 rings (SSSR count). The van der Waals surface area contributed by atoms with E-state index in [0.29, 0.717) is 17.0 Å². The van der Waals surface area contributed by atoms with Crippen molar-refractivity contribution in [2.24, 2.45) is 0 Å². The van der Waals surface area contributed by atoms with Crippen molar-refractivity contribution in [3.63, 3.8) is 0 Å². The van der Waals surface area contributed by atoms with Crippen molar-refractivity contribution < 1.29 is 17.9 Å². The summed E-state index contributed by atoms with van der Waals surface area (Å²) in [4.78, 5) is 13.2. The normalized spacial score (nSPS) is 11.1. The first-order chi connectivity index (χ1) is 12.2. The van der Waals surface area contributed by atoms with Gasteiger partial charge in [0.15, 0.2) is 6.61 Å². The summed E-state index contributed by atoms with van der Waals surface area (Å²) in [6.45, 7) is 3.68. The van der Waals surface area contributed by atoms with Crippen molar-refractivity contribution in [1.29, 1.82) is 0 Å². The molecule has 0 aliphatic carbocycles. The van der Waals surface area contributed by atoms with Crippen LogP contribution in [0.25, 0.3) is 0 Å². The van der Waals surface area contributed by atoms with Crippen LogP contribution in [0.1, 0.15) is 18.1 Å². The van der Waals surface area contributed by atoms with E-state index >= 15 is 0 Å². The van der Waals surface area contributed by atoms with E-state index in [4.69, 9.17) is 4.74 Å². The zero-order valence-electron chi connectivity index (χ0n) is 15.4. The summed E-state index contributed by atoms with van der Waals surface area (Å²) in [5.74, 6) is 0.310. The number of rotatable bonds is 7. The van der Waals surface area contributed by atoms with Crippen LogP contribution < -0.4 is 9.46 Å². The van der Waals surface area contributed by atoms with Crippen LogP contribution in [0.15, 0.2) is 47.4 Å². The number of nitrogens with zero attached hydrogens (tertiary/aromatic N) is 1. The molecule has 0 heterocycles. The number of aryl methyl sites for hydroxylation is 2. The van der Waals surface area contributed by atoms with Crippen molar-refractivity contribution in [1.82, 2.24) is 4.90 Å². The Bertz CT molecular complexity index is 875. The number of anilines is 1. The molecule has 7 heteroatoms. The molecule has 0 radical (unpaired) electrons. The molecule has 0 atom stereocenters. The summed E-state index contributed by atoms with van der Waals surface area (Å²) >= 11 is 0. The standard InChI is InChI=1S/C19H24N2O4S/c1-5-15-6-8-16(9-7-15)20-26(23,24)17-10-11-18(14(2)12-17)25-13-19(22)21(3)4/h6-12,20H,5,13H2,1-4H3. The van der Waals surface area contributed by atoms with E-state index in [1.54, 1.807) is 39.2 Å². The Morgan fingerprint density at radius 2 is 1.77 bits per heavy atom. The number of amides is 1. The fourth-order valence-corrected chi connectivity index (χ4v) is 3.39. The molecule has 0 saturated carbocycles. The number of carbonyl (C=O) groups excluding carboxylic acids is 1. The van der Waals surface area contributed by atoms with Gasteiger partial charge in [-0.15, -0.1) is 0 Å². The molecular formula is C19H24N2O4S. The van der Waals surface area contributed by atoms with E-state index in [1.807, 2.05) is 19.1 Å². The minimum Gasteiger partial charge on any atom is -0.483 e. The van der Waals surface area contributed by atoms with Gasteiger partial charge in [0, 0.05) is 19.8 Å². The Labute approximate surface area is 154 Å². The summed E-state index contributed by atoms with van der Waals surface area (Å²) in [6.07, 6.45) is 0.893. The van der Waals surface area contributed by atoms with Crippen molar-refractivity contribution >= 4 is 21.6 Å². The Kier molecular flexibility index (Phi) is 6.26. The third-order valence-corrected chi connectivity index (χ3v) is 5.30. The third kappa shape index (κ3) is 4.98. The number of hydrogen-bond donors (Lipinski definition) is 1. The second-order valence-corrected chi connectivity index (χ2v) is 7.84. The van der Waals surface area contributed by atoms with Crippen molar-refractivity contribution in [2.45, 2.75) is 25.2 Å². The van der Waals surface area contributed by atoms with Gasteiger partial charge >= 0.3 is 0 Å². The Morgan fingerprint density at radius 3 is 2.31 bits per heavy atom. The van der Waals surface area contributed by atoms with Crippen LogP contribution in [0.5, 0.6) is 5.75 Å². The van der Waals surface area contributed by atoms with Crippen molar-refractivity contribution in [3.8, 4) is 5.75 Å². The lowest BCUT2D eigenvalue weighted by molar-refractivity contribution is -0.130. The fourth-order valence-electron chi connectivity index (χ4n) is 2.24. The number of sulfonamides is 1. The van der Waals surface area contributed by atoms with Gasteiger partial charge in [-0.2, -0.15) is 0 Å². The molecule has 26 heavy (non-hydrogen) atoms.